The molecule has 0 spiro atoms. The van der Waals surface area contributed by atoms with Gasteiger partial charge in [0.1, 0.15) is 5.75 Å². The van der Waals surface area contributed by atoms with Crippen molar-refractivity contribution in [1.29, 1.82) is 0 Å². The highest BCUT2D eigenvalue weighted by Crippen LogP contribution is 2.34. The average molecular weight is 257 g/mol. The summed E-state index contributed by atoms with van der Waals surface area (Å²) >= 11 is 0. The summed E-state index contributed by atoms with van der Waals surface area (Å²) < 4.78 is 5.33. The molecule has 19 heavy (non-hydrogen) atoms. The van der Waals surface area contributed by atoms with Crippen LogP contribution < -0.4 is 10.2 Å². The standard InChI is InChI=1S/C16H19NO2/c1-16(2)8-7-11-10(9-16)15(18)14-12(17-11)5-4-6-13(14)19-3/h4-6H,7-9H2,1-3H3,(H,17,18). The van der Waals surface area contributed by atoms with Gasteiger partial charge in [0.05, 0.1) is 18.0 Å². The van der Waals surface area contributed by atoms with Gasteiger partial charge in [-0.3, -0.25) is 4.79 Å². The third-order valence-corrected chi connectivity index (χ3v) is 4.10. The molecule has 3 heteroatoms. The summed E-state index contributed by atoms with van der Waals surface area (Å²) in [5.41, 5.74) is 3.26. The molecule has 0 atom stereocenters. The van der Waals surface area contributed by atoms with E-state index >= 15 is 0 Å². The Balaban J connectivity index is 2.33. The van der Waals surface area contributed by atoms with Crippen LogP contribution >= 0.6 is 0 Å². The first kappa shape index (κ1) is 12.3. The quantitative estimate of drug-likeness (QED) is 0.853. The molecule has 0 aliphatic heterocycles. The lowest BCUT2D eigenvalue weighted by molar-refractivity contribution is 0.311. The van der Waals surface area contributed by atoms with Crippen molar-refractivity contribution in [2.75, 3.05) is 7.11 Å². The Morgan fingerprint density at radius 3 is 2.84 bits per heavy atom. The molecule has 0 saturated heterocycles. The van der Waals surface area contributed by atoms with E-state index in [1.807, 2.05) is 18.2 Å². The number of fused-ring (bicyclic) bond motifs is 2. The van der Waals surface area contributed by atoms with Crippen LogP contribution in [0.25, 0.3) is 10.9 Å². The second-order valence-electron chi connectivity index (χ2n) is 6.14. The second-order valence-corrected chi connectivity index (χ2v) is 6.14. The number of methoxy groups -OCH3 is 1. The van der Waals surface area contributed by atoms with Gasteiger partial charge < -0.3 is 9.72 Å². The molecule has 0 amide bonds. The van der Waals surface area contributed by atoms with E-state index in [1.165, 1.54) is 0 Å². The van der Waals surface area contributed by atoms with E-state index < -0.39 is 0 Å². The summed E-state index contributed by atoms with van der Waals surface area (Å²) in [6.07, 6.45) is 2.90. The Morgan fingerprint density at radius 2 is 2.11 bits per heavy atom. The average Bonchev–Trinajstić information content (AvgIpc) is 2.39. The highest BCUT2D eigenvalue weighted by atomic mass is 16.5. The molecule has 1 aromatic heterocycles. The summed E-state index contributed by atoms with van der Waals surface area (Å²) in [6.45, 7) is 4.45. The molecule has 0 saturated carbocycles. The van der Waals surface area contributed by atoms with Gasteiger partial charge >= 0.3 is 0 Å². The lowest BCUT2D eigenvalue weighted by atomic mass is 9.75. The topological polar surface area (TPSA) is 42.1 Å². The van der Waals surface area contributed by atoms with Gasteiger partial charge in [0.25, 0.3) is 0 Å². The van der Waals surface area contributed by atoms with Crippen molar-refractivity contribution in [3.8, 4) is 5.75 Å². The number of pyridine rings is 1. The summed E-state index contributed by atoms with van der Waals surface area (Å²) in [5, 5.41) is 0.682. The summed E-state index contributed by atoms with van der Waals surface area (Å²) in [4.78, 5) is 16.2. The first-order chi connectivity index (χ1) is 9.02. The number of aromatic nitrogens is 1. The van der Waals surface area contributed by atoms with Gasteiger partial charge in [0, 0.05) is 11.3 Å². The van der Waals surface area contributed by atoms with E-state index in [0.29, 0.717) is 11.1 Å². The second kappa shape index (κ2) is 4.12. The largest absolute Gasteiger partial charge is 0.496 e. The van der Waals surface area contributed by atoms with Crippen molar-refractivity contribution in [1.82, 2.24) is 4.98 Å². The third-order valence-electron chi connectivity index (χ3n) is 4.10. The van der Waals surface area contributed by atoms with Gasteiger partial charge in [-0.15, -0.1) is 0 Å². The van der Waals surface area contributed by atoms with Gasteiger partial charge in [-0.1, -0.05) is 19.9 Å². The summed E-state index contributed by atoms with van der Waals surface area (Å²) in [7, 11) is 1.61. The van der Waals surface area contributed by atoms with Crippen molar-refractivity contribution in [2.24, 2.45) is 5.41 Å². The molecular weight excluding hydrogens is 238 g/mol. The molecule has 1 heterocycles. The van der Waals surface area contributed by atoms with Crippen LogP contribution in [-0.4, -0.2) is 12.1 Å². The number of aryl methyl sites for hydroxylation is 1. The Hall–Kier alpha value is -1.77. The number of hydrogen-bond acceptors (Lipinski definition) is 2. The van der Waals surface area contributed by atoms with E-state index in [4.69, 9.17) is 4.74 Å². The number of benzene rings is 1. The minimum absolute atomic E-state index is 0.133. The van der Waals surface area contributed by atoms with Crippen LogP contribution in [0.3, 0.4) is 0 Å². The van der Waals surface area contributed by atoms with Crippen molar-refractivity contribution < 1.29 is 4.74 Å². The Kier molecular flexibility index (Phi) is 2.66. The molecule has 3 rings (SSSR count). The Bertz CT molecular complexity index is 698. The lowest BCUT2D eigenvalue weighted by Crippen LogP contribution is -2.28. The molecule has 0 unspecified atom stereocenters. The zero-order valence-electron chi connectivity index (χ0n) is 11.7. The van der Waals surface area contributed by atoms with Gasteiger partial charge in [-0.2, -0.15) is 0 Å². The number of H-pyrrole nitrogens is 1. The molecule has 1 N–H and O–H groups in total. The van der Waals surface area contributed by atoms with Crippen LogP contribution in [-0.2, 0) is 12.8 Å². The Morgan fingerprint density at radius 1 is 1.32 bits per heavy atom. The monoisotopic (exact) mass is 257 g/mol. The first-order valence-corrected chi connectivity index (χ1v) is 6.72. The first-order valence-electron chi connectivity index (χ1n) is 6.72. The fourth-order valence-corrected chi connectivity index (χ4v) is 3.00. The minimum atomic E-state index is 0.133. The summed E-state index contributed by atoms with van der Waals surface area (Å²) in [6, 6.07) is 5.70. The minimum Gasteiger partial charge on any atom is -0.496 e. The maximum Gasteiger partial charge on any atom is 0.196 e. The fourth-order valence-electron chi connectivity index (χ4n) is 3.00. The maximum atomic E-state index is 12.7. The predicted octanol–water partition coefficient (Wildman–Crippen LogP) is 3.05. The molecule has 100 valence electrons. The zero-order chi connectivity index (χ0) is 13.6. The van der Waals surface area contributed by atoms with Crippen LogP contribution in [0.2, 0.25) is 0 Å². The maximum absolute atomic E-state index is 12.7. The molecule has 3 nitrogen and oxygen atoms in total. The zero-order valence-corrected chi connectivity index (χ0v) is 11.7. The van der Waals surface area contributed by atoms with Gasteiger partial charge in [-0.05, 0) is 36.8 Å². The number of hydrogen-bond donors (Lipinski definition) is 1. The fraction of sp³-hybridized carbons (Fsp3) is 0.438. The SMILES string of the molecule is COc1cccc2[nH]c3c(c(=O)c12)CC(C)(C)CC3. The Labute approximate surface area is 112 Å². The molecule has 0 fully saturated rings. The van der Waals surface area contributed by atoms with Gasteiger partial charge in [0.2, 0.25) is 0 Å². The molecule has 2 aromatic rings. The van der Waals surface area contributed by atoms with Crippen molar-refractivity contribution >= 4 is 10.9 Å². The molecule has 0 bridgehead atoms. The summed E-state index contributed by atoms with van der Waals surface area (Å²) in [5.74, 6) is 0.657. The number of nitrogens with one attached hydrogen (secondary N) is 1. The third kappa shape index (κ3) is 1.93. The van der Waals surface area contributed by atoms with Crippen molar-refractivity contribution in [3.63, 3.8) is 0 Å². The molecular formula is C16H19NO2. The van der Waals surface area contributed by atoms with Crippen LogP contribution in [0.1, 0.15) is 31.5 Å². The van der Waals surface area contributed by atoms with Crippen molar-refractivity contribution in [3.05, 3.63) is 39.7 Å². The van der Waals surface area contributed by atoms with E-state index in [-0.39, 0.29) is 10.8 Å². The van der Waals surface area contributed by atoms with Gasteiger partial charge in [0.15, 0.2) is 5.43 Å². The van der Waals surface area contributed by atoms with E-state index in [0.717, 1.165) is 36.0 Å². The van der Waals surface area contributed by atoms with E-state index in [1.54, 1.807) is 7.11 Å². The van der Waals surface area contributed by atoms with Crippen LogP contribution in [0.5, 0.6) is 5.75 Å². The van der Waals surface area contributed by atoms with Gasteiger partial charge in [-0.25, -0.2) is 0 Å². The molecule has 1 aliphatic rings. The number of aromatic amines is 1. The highest BCUT2D eigenvalue weighted by Gasteiger charge is 2.28. The van der Waals surface area contributed by atoms with E-state index in [9.17, 15) is 4.79 Å². The number of rotatable bonds is 1. The molecule has 1 aliphatic carbocycles. The predicted molar refractivity (Wildman–Crippen MR) is 76.9 cm³/mol. The van der Waals surface area contributed by atoms with Crippen LogP contribution in [0, 0.1) is 5.41 Å². The van der Waals surface area contributed by atoms with Crippen LogP contribution in [0.4, 0.5) is 0 Å². The lowest BCUT2D eigenvalue weighted by Gasteiger charge is -2.30. The van der Waals surface area contributed by atoms with Crippen molar-refractivity contribution in [2.45, 2.75) is 33.1 Å². The number of ether oxygens (including phenoxy) is 1. The van der Waals surface area contributed by atoms with E-state index in [2.05, 4.69) is 18.8 Å². The highest BCUT2D eigenvalue weighted by molar-refractivity contribution is 5.85. The smallest absolute Gasteiger partial charge is 0.196 e. The molecule has 1 aromatic carbocycles. The van der Waals surface area contributed by atoms with Crippen LogP contribution in [0.15, 0.2) is 23.0 Å². The normalized spacial score (nSPS) is 17.2. The molecule has 0 radical (unpaired) electrons.